The SMILES string of the molecule is CC(C)(C)[Si](C)(C)O[C@H]1[C@H]2OP(=O)(O)OC[C@H]3O[C@@H](n4cc5c6c(ncnc64)CCCC5)[C@H](F)[C@@H]3OP(O)(=S)OC[C@H]1O[C@H]2n1cnc2c(=O)n(CCOCCC(=O)CNC(=O)OCC[Si](C)(C)C)cnc21. The number of ether oxygens (including phenoxy) is 4. The highest BCUT2D eigenvalue weighted by atomic mass is 32.5. The van der Waals surface area contributed by atoms with Crippen LogP contribution in [0.2, 0.25) is 43.8 Å². The summed E-state index contributed by atoms with van der Waals surface area (Å²) in [6.45, 7) is 11.0. The molecule has 8 rings (SSSR count). The van der Waals surface area contributed by atoms with E-state index in [1.165, 1.54) is 28.1 Å². The van der Waals surface area contributed by atoms with E-state index in [2.05, 4.69) is 44.9 Å². The van der Waals surface area contributed by atoms with Gasteiger partial charge in [-0.15, -0.1) is 0 Å². The maximum Gasteiger partial charge on any atom is 0.472 e. The summed E-state index contributed by atoms with van der Waals surface area (Å²) in [5, 5.41) is 2.86. The predicted octanol–water partition coefficient (Wildman–Crippen LogP) is 5.61. The summed E-state index contributed by atoms with van der Waals surface area (Å²) in [6, 6.07) is 0.811. The molecule has 4 aromatic rings. The maximum atomic E-state index is 16.9. The first-order valence-electron chi connectivity index (χ1n) is 24.0. The van der Waals surface area contributed by atoms with Gasteiger partial charge in [0.15, 0.2) is 43.9 Å². The molecule has 3 N–H and O–H groups in total. The Morgan fingerprint density at radius 3 is 2.40 bits per heavy atom. The number of phosphoric ester groups is 1. The molecule has 72 heavy (non-hydrogen) atoms. The van der Waals surface area contributed by atoms with E-state index in [1.54, 1.807) is 10.8 Å². The van der Waals surface area contributed by atoms with E-state index >= 15 is 4.39 Å². The lowest BCUT2D eigenvalue weighted by molar-refractivity contribution is -0.119. The Balaban J connectivity index is 0.995. The normalized spacial score (nSPS) is 29.5. The summed E-state index contributed by atoms with van der Waals surface area (Å²) in [5.41, 5.74) is 1.60. The van der Waals surface area contributed by atoms with Gasteiger partial charge >= 0.3 is 20.6 Å². The van der Waals surface area contributed by atoms with Gasteiger partial charge in [0.1, 0.15) is 48.8 Å². The number of hydrogen-bond donors (Lipinski definition) is 3. The zero-order valence-electron chi connectivity index (χ0n) is 41.6. The third kappa shape index (κ3) is 12.5. The fourth-order valence-corrected chi connectivity index (χ4v) is 13.0. The first-order valence-corrected chi connectivity index (χ1v) is 34.7. The highest BCUT2D eigenvalue weighted by Gasteiger charge is 2.56. The lowest BCUT2D eigenvalue weighted by Gasteiger charge is -2.40. The van der Waals surface area contributed by atoms with E-state index in [1.807, 2.05) is 33.9 Å². The number of phosphoric acid groups is 1. The molecular weight excluding hydrogens is 1040 g/mol. The minimum Gasteiger partial charge on any atom is -0.450 e. The molecule has 10 atom stereocenters. The third-order valence-corrected chi connectivity index (χ3v) is 22.3. The van der Waals surface area contributed by atoms with Gasteiger partial charge in [-0.25, -0.2) is 33.7 Å². The molecule has 0 aromatic carbocycles. The number of amides is 1. The van der Waals surface area contributed by atoms with Gasteiger partial charge in [-0.3, -0.25) is 32.3 Å². The standard InChI is InChI=1S/C43H65FN8O15P2SSi2/c1-43(2,3)72(7,8)67-35-30-22-62-69(58,70)66-34-29(63-40(32(34)44)51-20-26-11-9-10-12-28-31(26)37(51)47-23-46-28)21-61-68(56,57)65-36(35)41(64-30)52-25-48-33-38(52)49-24-50(39(33)54)14-16-59-15-13-27(53)19-45-42(55)60-17-18-71(4,5)6/h20,23-25,29-30,32,34-36,40-41H,9-19,21-22H2,1-8H3,(H,45,55)(H,56,57)(H,58,70)/t29-,30-,32-,34-,35-,36-,40-,41-,69?/m1/s1. The first-order chi connectivity index (χ1) is 33.8. The van der Waals surface area contributed by atoms with Crippen LogP contribution in [0.1, 0.15) is 63.7 Å². The highest BCUT2D eigenvalue weighted by Crippen LogP contribution is 2.55. The van der Waals surface area contributed by atoms with Gasteiger partial charge in [-0.1, -0.05) is 40.4 Å². The minimum absolute atomic E-state index is 0.0197. The Hall–Kier alpha value is -3.25. The van der Waals surface area contributed by atoms with Crippen molar-refractivity contribution in [1.29, 1.82) is 0 Å². The van der Waals surface area contributed by atoms with Crippen LogP contribution in [0.3, 0.4) is 0 Å². The lowest BCUT2D eigenvalue weighted by atomic mass is 10.1. The Kier molecular flexibility index (Phi) is 16.6. The van der Waals surface area contributed by atoms with Crippen molar-refractivity contribution in [2.24, 2.45) is 0 Å². The zero-order valence-corrected chi connectivity index (χ0v) is 46.2. The number of alkyl carbamates (subject to hydrolysis) is 1. The molecule has 7 heterocycles. The molecule has 3 saturated heterocycles. The molecule has 0 radical (unpaired) electrons. The summed E-state index contributed by atoms with van der Waals surface area (Å²) >= 11 is 5.50. The van der Waals surface area contributed by atoms with E-state index in [9.17, 15) is 28.7 Å². The van der Waals surface area contributed by atoms with Crippen LogP contribution in [0, 0.1) is 0 Å². The van der Waals surface area contributed by atoms with Gasteiger partial charge in [-0.05, 0) is 67.2 Å². The number of fused-ring (bicyclic) bond motifs is 4. The smallest absolute Gasteiger partial charge is 0.450 e. The molecule has 3 aliphatic heterocycles. The summed E-state index contributed by atoms with van der Waals surface area (Å²) in [6.07, 6.45) is -3.26. The van der Waals surface area contributed by atoms with Gasteiger partial charge < -0.3 is 47.6 Å². The maximum absolute atomic E-state index is 16.9. The van der Waals surface area contributed by atoms with Gasteiger partial charge in [0.2, 0.25) is 0 Å². The molecule has 29 heteroatoms. The van der Waals surface area contributed by atoms with Gasteiger partial charge in [0.05, 0.1) is 58.1 Å². The molecule has 398 valence electrons. The number of rotatable bonds is 15. The second-order valence-electron chi connectivity index (χ2n) is 21.1. The summed E-state index contributed by atoms with van der Waals surface area (Å²) in [4.78, 5) is 79.1. The van der Waals surface area contributed by atoms with E-state index in [-0.39, 0.29) is 49.7 Å². The quantitative estimate of drug-likeness (QED) is 0.0741. The molecule has 4 aromatic heterocycles. The Labute approximate surface area is 422 Å². The van der Waals surface area contributed by atoms with Crippen LogP contribution in [0.5, 0.6) is 0 Å². The number of halogens is 1. The Bertz CT molecular complexity index is 2790. The van der Waals surface area contributed by atoms with Crippen molar-refractivity contribution >= 4 is 76.8 Å². The monoisotopic (exact) mass is 1100 g/mol. The van der Waals surface area contributed by atoms with E-state index in [0.29, 0.717) is 18.7 Å². The summed E-state index contributed by atoms with van der Waals surface area (Å²) in [5.74, 6) is -0.261. The Morgan fingerprint density at radius 1 is 0.917 bits per heavy atom. The van der Waals surface area contributed by atoms with E-state index in [0.717, 1.165) is 42.0 Å². The molecular formula is C43H65FN8O15P2SSi2. The van der Waals surface area contributed by atoms with Gasteiger partial charge in [-0.2, -0.15) is 0 Å². The van der Waals surface area contributed by atoms with Crippen LogP contribution in [0.4, 0.5) is 9.18 Å². The number of Topliss-reactive ketones (excluding diaryl/α,β-unsaturated/α-hetero) is 1. The van der Waals surface area contributed by atoms with Crippen LogP contribution in [0.15, 0.2) is 30.0 Å². The number of ketones is 1. The third-order valence-electron chi connectivity index (χ3n) is 13.6. The van der Waals surface area contributed by atoms with E-state index < -0.39 is 110 Å². The molecule has 0 saturated carbocycles. The first kappa shape index (κ1) is 55.0. The number of imidazole rings is 1. The predicted molar refractivity (Wildman–Crippen MR) is 267 cm³/mol. The second kappa shape index (κ2) is 21.8. The number of carbonyl (C=O) groups is 2. The van der Waals surface area contributed by atoms with Crippen molar-refractivity contribution in [3.8, 4) is 0 Å². The van der Waals surface area contributed by atoms with Crippen LogP contribution < -0.4 is 10.9 Å². The molecule has 23 nitrogen and oxygen atoms in total. The zero-order chi connectivity index (χ0) is 52.0. The van der Waals surface area contributed by atoms with Crippen molar-refractivity contribution in [1.82, 2.24) is 39.0 Å². The summed E-state index contributed by atoms with van der Waals surface area (Å²) in [7, 11) is -9.34. The Morgan fingerprint density at radius 2 is 1.65 bits per heavy atom. The van der Waals surface area contributed by atoms with Crippen molar-refractivity contribution in [3.05, 3.63) is 46.8 Å². The molecule has 0 spiro atoms. The number of nitrogens with zero attached hydrogens (tertiary/aromatic N) is 7. The number of nitrogens with one attached hydrogen (secondary N) is 1. The lowest BCUT2D eigenvalue weighted by Crippen LogP contribution is -2.50. The molecule has 3 fully saturated rings. The average molecular weight is 1100 g/mol. The number of aromatic nitrogens is 7. The topological polar surface area (TPSA) is 270 Å². The van der Waals surface area contributed by atoms with Crippen LogP contribution in [0.25, 0.3) is 22.2 Å². The average Bonchev–Trinajstić information content (AvgIpc) is 4.01. The van der Waals surface area contributed by atoms with Crippen molar-refractivity contribution in [2.45, 2.75) is 152 Å². The van der Waals surface area contributed by atoms with Gasteiger partial charge in [0, 0.05) is 26.1 Å². The molecule has 1 amide bonds. The van der Waals surface area contributed by atoms with Crippen LogP contribution >= 0.6 is 14.5 Å². The number of hydrogen-bond acceptors (Lipinski definition) is 18. The molecule has 1 aliphatic carbocycles. The summed E-state index contributed by atoms with van der Waals surface area (Å²) < 4.78 is 89.1. The largest absolute Gasteiger partial charge is 0.472 e. The highest BCUT2D eigenvalue weighted by molar-refractivity contribution is 8.07. The van der Waals surface area contributed by atoms with E-state index in [4.69, 9.17) is 53.3 Å². The van der Waals surface area contributed by atoms with Gasteiger partial charge in [0.25, 0.3) is 5.56 Å². The fourth-order valence-electron chi connectivity index (χ4n) is 8.63. The number of carbonyl (C=O) groups excluding carboxylic acids is 2. The second-order valence-corrected chi connectivity index (χ2v) is 35.7. The fraction of sp³-hybridized carbons (Fsp3) is 0.698. The number of alkyl halides is 1. The molecule has 4 aliphatic rings. The molecule has 2 bridgehead atoms. The van der Waals surface area contributed by atoms with Crippen molar-refractivity contribution < 1.29 is 69.8 Å². The van der Waals surface area contributed by atoms with Crippen LogP contribution in [-0.2, 0) is 82.0 Å². The minimum atomic E-state index is -5.17. The molecule has 2 unspecified atom stereocenters. The van der Waals surface area contributed by atoms with Crippen molar-refractivity contribution in [2.75, 3.05) is 39.6 Å². The van der Waals surface area contributed by atoms with Crippen molar-refractivity contribution in [3.63, 3.8) is 0 Å². The number of aryl methyl sites for hydroxylation is 2. The van der Waals surface area contributed by atoms with Crippen LogP contribution in [-0.4, -0.2) is 148 Å².